The highest BCUT2D eigenvalue weighted by molar-refractivity contribution is 5.65. The lowest BCUT2D eigenvalue weighted by atomic mass is 10.5. The van der Waals surface area contributed by atoms with Gasteiger partial charge < -0.3 is 9.47 Å². The highest BCUT2D eigenvalue weighted by Gasteiger charge is 1.81. The number of ether oxygens (including phenoxy) is 2. The van der Waals surface area contributed by atoms with E-state index in [1.54, 1.807) is 19.4 Å². The van der Waals surface area contributed by atoms with Gasteiger partial charge in [-0.15, -0.1) is 0 Å². The third-order valence-electron chi connectivity index (χ3n) is 0.995. The van der Waals surface area contributed by atoms with Crippen molar-refractivity contribution in [1.82, 2.24) is 0 Å². The Morgan fingerprint density at radius 3 is 2.08 bits per heavy atom. The maximum atomic E-state index is 9.82. The first-order chi connectivity index (χ1) is 6.27. The van der Waals surface area contributed by atoms with Gasteiger partial charge >= 0.3 is 5.97 Å². The quantitative estimate of drug-likeness (QED) is 0.583. The summed E-state index contributed by atoms with van der Waals surface area (Å²) in [5.74, 6) is -0.211. The maximum absolute atomic E-state index is 9.82. The van der Waals surface area contributed by atoms with E-state index >= 15 is 0 Å². The largest absolute Gasteiger partial charge is 0.473 e. The monoisotopic (exact) mass is 182 g/mol. The van der Waals surface area contributed by atoms with Gasteiger partial charge in [0.15, 0.2) is 0 Å². The van der Waals surface area contributed by atoms with Gasteiger partial charge in [0, 0.05) is 6.92 Å². The molecule has 13 heavy (non-hydrogen) atoms. The molecule has 0 aromatic rings. The molecule has 3 heteroatoms. The summed E-state index contributed by atoms with van der Waals surface area (Å²) in [6.45, 7) is 3.65. The first-order valence-corrected chi connectivity index (χ1v) is 4.04. The second-order valence-electron chi connectivity index (χ2n) is 2.10. The van der Waals surface area contributed by atoms with Crippen LogP contribution >= 0.6 is 0 Å². The molecule has 0 saturated carbocycles. The van der Waals surface area contributed by atoms with Crippen LogP contribution in [-0.2, 0) is 14.3 Å². The maximum Gasteiger partial charge on any atom is 0.302 e. The van der Waals surface area contributed by atoms with Gasteiger partial charge in [0.05, 0.1) is 19.1 Å². The molecule has 0 aromatic heterocycles. The van der Waals surface area contributed by atoms with E-state index < -0.39 is 0 Å². The van der Waals surface area contributed by atoms with Crippen LogP contribution < -0.4 is 0 Å². The molecule has 3 nitrogen and oxygen atoms in total. The molecule has 0 fully saturated rings. The van der Waals surface area contributed by atoms with Gasteiger partial charge in [0.2, 0.25) is 0 Å². The molecular formula is C10H14O3. The molecule has 1 aliphatic heterocycles. The van der Waals surface area contributed by atoms with Crippen molar-refractivity contribution in [1.29, 1.82) is 0 Å². The highest BCUT2D eigenvalue weighted by atomic mass is 16.5. The Labute approximate surface area is 78.3 Å². The Morgan fingerprint density at radius 1 is 1.23 bits per heavy atom. The summed E-state index contributed by atoms with van der Waals surface area (Å²) in [5.41, 5.74) is 0. The van der Waals surface area contributed by atoms with Crippen LogP contribution in [0.25, 0.3) is 0 Å². The van der Waals surface area contributed by atoms with Gasteiger partial charge in [-0.2, -0.15) is 0 Å². The Kier molecular flexibility index (Phi) is 7.59. The molecule has 0 aromatic carbocycles. The summed E-state index contributed by atoms with van der Waals surface area (Å²) in [7, 11) is 0. The van der Waals surface area contributed by atoms with Crippen molar-refractivity contribution in [3.63, 3.8) is 0 Å². The summed E-state index contributed by atoms with van der Waals surface area (Å²) in [4.78, 5) is 9.82. The normalized spacial score (nSPS) is 12.2. The molecule has 1 heterocycles. The zero-order valence-electron chi connectivity index (χ0n) is 7.90. The molecule has 0 atom stereocenters. The van der Waals surface area contributed by atoms with E-state index in [4.69, 9.17) is 4.74 Å². The van der Waals surface area contributed by atoms with Crippen molar-refractivity contribution in [2.75, 3.05) is 6.61 Å². The Bertz CT molecular complexity index is 200. The first-order valence-electron chi connectivity index (χ1n) is 4.04. The fourth-order valence-electron chi connectivity index (χ4n) is 0.558. The van der Waals surface area contributed by atoms with Crippen molar-refractivity contribution < 1.29 is 14.3 Å². The van der Waals surface area contributed by atoms with E-state index in [1.807, 2.05) is 24.3 Å². The summed E-state index contributed by atoms with van der Waals surface area (Å²) in [5, 5.41) is 0. The van der Waals surface area contributed by atoms with E-state index in [9.17, 15) is 4.79 Å². The van der Waals surface area contributed by atoms with Crippen molar-refractivity contribution in [3.8, 4) is 0 Å². The van der Waals surface area contributed by atoms with Crippen LogP contribution in [0.1, 0.15) is 13.8 Å². The molecule has 72 valence electrons. The zero-order valence-corrected chi connectivity index (χ0v) is 7.90. The number of allylic oxidation sites excluding steroid dienone is 4. The van der Waals surface area contributed by atoms with Gasteiger partial charge in [-0.3, -0.25) is 4.79 Å². The second-order valence-corrected chi connectivity index (χ2v) is 2.10. The van der Waals surface area contributed by atoms with Crippen molar-refractivity contribution in [2.24, 2.45) is 0 Å². The van der Waals surface area contributed by atoms with E-state index in [0.29, 0.717) is 6.61 Å². The SMILES string of the molecule is C1=CC=COC=C1.CCOC(C)=O. The fourth-order valence-corrected chi connectivity index (χ4v) is 0.558. The van der Waals surface area contributed by atoms with Crippen LogP contribution in [0.4, 0.5) is 0 Å². The predicted octanol–water partition coefficient (Wildman–Crippen LogP) is 2.17. The summed E-state index contributed by atoms with van der Waals surface area (Å²) in [6, 6.07) is 0. The third kappa shape index (κ3) is 10.5. The molecule has 0 unspecified atom stereocenters. The molecule has 0 N–H and O–H groups in total. The number of hydrogen-bond acceptors (Lipinski definition) is 3. The Balaban J connectivity index is 0.000000226. The van der Waals surface area contributed by atoms with Gasteiger partial charge in [-0.05, 0) is 19.1 Å². The smallest absolute Gasteiger partial charge is 0.302 e. The van der Waals surface area contributed by atoms with E-state index in [2.05, 4.69) is 4.74 Å². The van der Waals surface area contributed by atoms with Crippen LogP contribution in [0, 0.1) is 0 Å². The summed E-state index contributed by atoms with van der Waals surface area (Å²) >= 11 is 0. The topological polar surface area (TPSA) is 35.5 Å². The fraction of sp³-hybridized carbons (Fsp3) is 0.300. The number of esters is 1. The molecule has 0 radical (unpaired) electrons. The van der Waals surface area contributed by atoms with Crippen molar-refractivity contribution in [2.45, 2.75) is 13.8 Å². The molecule has 0 spiro atoms. The number of carbonyl (C=O) groups excluding carboxylic acids is 1. The van der Waals surface area contributed by atoms with Crippen LogP contribution in [0.3, 0.4) is 0 Å². The Hall–Kier alpha value is -1.51. The van der Waals surface area contributed by atoms with Crippen molar-refractivity contribution in [3.05, 3.63) is 36.8 Å². The molecule has 0 saturated heterocycles. The zero-order chi connectivity index (χ0) is 9.94. The third-order valence-corrected chi connectivity index (χ3v) is 0.995. The van der Waals surface area contributed by atoms with Crippen LogP contribution in [0.2, 0.25) is 0 Å². The van der Waals surface area contributed by atoms with Crippen LogP contribution in [0.5, 0.6) is 0 Å². The lowest BCUT2D eigenvalue weighted by Crippen LogP contribution is -1.95. The summed E-state index contributed by atoms with van der Waals surface area (Å²) < 4.78 is 9.17. The first kappa shape index (κ1) is 11.5. The predicted molar refractivity (Wildman–Crippen MR) is 50.8 cm³/mol. The minimum Gasteiger partial charge on any atom is -0.473 e. The molecule has 0 aliphatic carbocycles. The number of hydrogen-bond donors (Lipinski definition) is 0. The Morgan fingerprint density at radius 2 is 1.77 bits per heavy atom. The van der Waals surface area contributed by atoms with Crippen molar-refractivity contribution >= 4 is 5.97 Å². The van der Waals surface area contributed by atoms with Gasteiger partial charge in [0.25, 0.3) is 0 Å². The van der Waals surface area contributed by atoms with E-state index in [0.717, 1.165) is 0 Å². The minimum atomic E-state index is -0.211. The van der Waals surface area contributed by atoms with Gasteiger partial charge in [-0.25, -0.2) is 0 Å². The average molecular weight is 182 g/mol. The highest BCUT2D eigenvalue weighted by Crippen LogP contribution is 1.88. The standard InChI is InChI=1S/C6H6O.C4H8O2/c1-2-4-6-7-5-3-1;1-3-6-4(2)5/h1-6H;3H2,1-2H3. The van der Waals surface area contributed by atoms with Gasteiger partial charge in [0.1, 0.15) is 0 Å². The van der Waals surface area contributed by atoms with Crippen LogP contribution in [0.15, 0.2) is 36.8 Å². The number of carbonyl (C=O) groups is 1. The molecule has 1 rings (SSSR count). The molecular weight excluding hydrogens is 168 g/mol. The second kappa shape index (κ2) is 8.59. The van der Waals surface area contributed by atoms with E-state index in [-0.39, 0.29) is 5.97 Å². The average Bonchev–Trinajstić information content (AvgIpc) is 2.35. The summed E-state index contributed by atoms with van der Waals surface area (Å²) in [6.07, 6.45) is 10.7. The number of rotatable bonds is 1. The molecule has 1 aliphatic rings. The molecule has 0 amide bonds. The van der Waals surface area contributed by atoms with Crippen LogP contribution in [-0.4, -0.2) is 12.6 Å². The lowest BCUT2D eigenvalue weighted by Gasteiger charge is -1.89. The minimum absolute atomic E-state index is 0.211. The molecule has 0 bridgehead atoms. The lowest BCUT2D eigenvalue weighted by molar-refractivity contribution is -0.140. The van der Waals surface area contributed by atoms with Gasteiger partial charge in [-0.1, -0.05) is 12.2 Å². The van der Waals surface area contributed by atoms with E-state index in [1.165, 1.54) is 6.92 Å².